The molecule has 7 nitrogen and oxygen atoms in total. The number of fused-ring (bicyclic) bond motifs is 1. The predicted octanol–water partition coefficient (Wildman–Crippen LogP) is 2.04. The molecule has 3 aromatic rings. The van der Waals surface area contributed by atoms with Gasteiger partial charge in [-0.3, -0.25) is 9.59 Å². The number of H-pyrrole nitrogens is 1. The molecule has 0 aromatic carbocycles. The number of likely N-dealkylation sites (tertiary alicyclic amines) is 1. The van der Waals surface area contributed by atoms with Crippen LogP contribution in [0.4, 0.5) is 0 Å². The van der Waals surface area contributed by atoms with Crippen molar-refractivity contribution in [2.75, 3.05) is 13.1 Å². The van der Waals surface area contributed by atoms with Crippen molar-refractivity contribution < 1.29 is 4.79 Å². The number of nitrogens with zero attached hydrogens (tertiary/aromatic N) is 4. The highest BCUT2D eigenvalue weighted by atomic mass is 32.1. The van der Waals surface area contributed by atoms with E-state index in [0.717, 1.165) is 38.0 Å². The highest BCUT2D eigenvalue weighted by Crippen LogP contribution is 2.29. The van der Waals surface area contributed by atoms with Crippen LogP contribution in [-0.4, -0.2) is 43.4 Å². The average molecular weight is 357 g/mol. The van der Waals surface area contributed by atoms with Gasteiger partial charge in [-0.15, -0.1) is 11.3 Å². The number of carbonyl (C=O) groups is 1. The fourth-order valence-electron chi connectivity index (χ4n) is 3.52. The van der Waals surface area contributed by atoms with E-state index in [4.69, 9.17) is 0 Å². The van der Waals surface area contributed by atoms with E-state index in [1.165, 1.54) is 17.7 Å². The lowest BCUT2D eigenvalue weighted by molar-refractivity contribution is 0.0666. The number of imidazole rings is 1. The standard InChI is InChI=1S/C17H19N5O2S/c1-11-13-15(23)19-9-20-16(13)25-14(11)17(24)22-5-2-3-12(8-22)7-21-6-4-18-10-21/h4,6,9-10,12H,2-3,5,7-8H2,1H3,(H,19,20,23)/t12-/m0/s1. The number of rotatable bonds is 3. The van der Waals surface area contributed by atoms with Gasteiger partial charge in [0.05, 0.1) is 22.9 Å². The topological polar surface area (TPSA) is 83.9 Å². The van der Waals surface area contributed by atoms with Gasteiger partial charge in [0.2, 0.25) is 0 Å². The number of aryl methyl sites for hydroxylation is 1. The average Bonchev–Trinajstić information content (AvgIpc) is 3.23. The Morgan fingerprint density at radius 1 is 1.48 bits per heavy atom. The van der Waals surface area contributed by atoms with Gasteiger partial charge in [0, 0.05) is 32.0 Å². The Morgan fingerprint density at radius 2 is 2.36 bits per heavy atom. The molecule has 4 rings (SSSR count). The first-order valence-electron chi connectivity index (χ1n) is 8.35. The number of nitrogens with one attached hydrogen (secondary N) is 1. The van der Waals surface area contributed by atoms with Crippen molar-refractivity contribution >= 4 is 27.5 Å². The van der Waals surface area contributed by atoms with Crippen LogP contribution in [0.1, 0.15) is 28.1 Å². The molecule has 0 saturated carbocycles. The van der Waals surface area contributed by atoms with E-state index in [9.17, 15) is 9.59 Å². The quantitative estimate of drug-likeness (QED) is 0.777. The van der Waals surface area contributed by atoms with E-state index < -0.39 is 0 Å². The number of hydrogen-bond acceptors (Lipinski definition) is 5. The number of piperidine rings is 1. The van der Waals surface area contributed by atoms with Crippen LogP contribution < -0.4 is 5.56 Å². The Kier molecular flexibility index (Phi) is 4.12. The third-order valence-corrected chi connectivity index (χ3v) is 5.95. The molecule has 3 aromatic heterocycles. The summed E-state index contributed by atoms with van der Waals surface area (Å²) in [5.41, 5.74) is 0.547. The van der Waals surface area contributed by atoms with Crippen molar-refractivity contribution in [3.63, 3.8) is 0 Å². The maximum Gasteiger partial charge on any atom is 0.264 e. The summed E-state index contributed by atoms with van der Waals surface area (Å²) in [6.45, 7) is 4.19. The van der Waals surface area contributed by atoms with Crippen molar-refractivity contribution in [1.82, 2.24) is 24.4 Å². The molecule has 1 aliphatic rings. The van der Waals surface area contributed by atoms with Crippen LogP contribution in [0.25, 0.3) is 10.2 Å². The smallest absolute Gasteiger partial charge is 0.264 e. The predicted molar refractivity (Wildman–Crippen MR) is 95.8 cm³/mol. The third kappa shape index (κ3) is 2.97. The van der Waals surface area contributed by atoms with E-state index >= 15 is 0 Å². The minimum absolute atomic E-state index is 0.00947. The second kappa shape index (κ2) is 6.44. The van der Waals surface area contributed by atoms with Crippen molar-refractivity contribution in [3.8, 4) is 0 Å². The maximum atomic E-state index is 13.0. The molecule has 4 heterocycles. The zero-order chi connectivity index (χ0) is 17.4. The van der Waals surface area contributed by atoms with Gasteiger partial charge in [-0.1, -0.05) is 0 Å². The summed E-state index contributed by atoms with van der Waals surface area (Å²) in [5.74, 6) is 0.429. The summed E-state index contributed by atoms with van der Waals surface area (Å²) >= 11 is 1.31. The molecule has 1 amide bonds. The van der Waals surface area contributed by atoms with Crippen LogP contribution in [0.2, 0.25) is 0 Å². The van der Waals surface area contributed by atoms with Gasteiger partial charge in [-0.05, 0) is 31.2 Å². The summed E-state index contributed by atoms with van der Waals surface area (Å²) in [6.07, 6.45) is 9.03. The molecule has 130 valence electrons. The van der Waals surface area contributed by atoms with Gasteiger partial charge in [0.15, 0.2) is 0 Å². The number of thiophene rings is 1. The number of amides is 1. The molecule has 8 heteroatoms. The minimum Gasteiger partial charge on any atom is -0.338 e. The molecule has 1 fully saturated rings. The molecular weight excluding hydrogens is 338 g/mol. The molecule has 0 unspecified atom stereocenters. The molecule has 1 N–H and O–H groups in total. The molecular formula is C17H19N5O2S. The van der Waals surface area contributed by atoms with Crippen LogP contribution in [0.15, 0.2) is 29.8 Å². The van der Waals surface area contributed by atoms with Gasteiger partial charge in [-0.25, -0.2) is 9.97 Å². The fourth-order valence-corrected chi connectivity index (χ4v) is 4.64. The zero-order valence-electron chi connectivity index (χ0n) is 13.9. The summed E-state index contributed by atoms with van der Waals surface area (Å²) in [5, 5.41) is 0.530. The third-order valence-electron chi connectivity index (χ3n) is 4.76. The Bertz CT molecular complexity index is 959. The number of aromatic amines is 1. The highest BCUT2D eigenvalue weighted by molar-refractivity contribution is 7.20. The minimum atomic E-state index is -0.186. The van der Waals surface area contributed by atoms with E-state index in [2.05, 4.69) is 19.5 Å². The van der Waals surface area contributed by atoms with Crippen molar-refractivity contribution in [2.45, 2.75) is 26.3 Å². The molecule has 0 aliphatic carbocycles. The number of hydrogen-bond donors (Lipinski definition) is 1. The monoisotopic (exact) mass is 357 g/mol. The van der Waals surface area contributed by atoms with E-state index in [0.29, 0.717) is 21.0 Å². The molecule has 0 bridgehead atoms. The second-order valence-electron chi connectivity index (χ2n) is 6.49. The second-order valence-corrected chi connectivity index (χ2v) is 7.49. The van der Waals surface area contributed by atoms with Crippen LogP contribution in [0, 0.1) is 12.8 Å². The van der Waals surface area contributed by atoms with E-state index in [-0.39, 0.29) is 11.5 Å². The summed E-state index contributed by atoms with van der Waals surface area (Å²) in [7, 11) is 0. The van der Waals surface area contributed by atoms with Crippen LogP contribution in [-0.2, 0) is 6.54 Å². The zero-order valence-corrected chi connectivity index (χ0v) is 14.8. The summed E-state index contributed by atoms with van der Waals surface area (Å²) < 4.78 is 2.06. The molecule has 1 saturated heterocycles. The number of aromatic nitrogens is 4. The van der Waals surface area contributed by atoms with Crippen molar-refractivity contribution in [1.29, 1.82) is 0 Å². The van der Waals surface area contributed by atoms with E-state index in [1.807, 2.05) is 24.3 Å². The van der Waals surface area contributed by atoms with Gasteiger partial charge >= 0.3 is 0 Å². The first-order chi connectivity index (χ1) is 12.1. The van der Waals surface area contributed by atoms with Gasteiger partial charge in [-0.2, -0.15) is 0 Å². The van der Waals surface area contributed by atoms with Crippen LogP contribution in [0.5, 0.6) is 0 Å². The van der Waals surface area contributed by atoms with Crippen LogP contribution >= 0.6 is 11.3 Å². The number of carbonyl (C=O) groups excluding carboxylic acids is 1. The molecule has 25 heavy (non-hydrogen) atoms. The van der Waals surface area contributed by atoms with Gasteiger partial charge in [0.25, 0.3) is 11.5 Å². The Hall–Kier alpha value is -2.48. The molecule has 1 atom stereocenters. The summed E-state index contributed by atoms with van der Waals surface area (Å²) in [4.78, 5) is 39.1. The molecule has 1 aliphatic heterocycles. The first-order valence-corrected chi connectivity index (χ1v) is 9.17. The lowest BCUT2D eigenvalue weighted by Gasteiger charge is -2.32. The Balaban J connectivity index is 1.57. The van der Waals surface area contributed by atoms with Gasteiger partial charge in [0.1, 0.15) is 4.83 Å². The van der Waals surface area contributed by atoms with Crippen molar-refractivity contribution in [2.24, 2.45) is 5.92 Å². The molecule has 0 radical (unpaired) electrons. The van der Waals surface area contributed by atoms with Gasteiger partial charge < -0.3 is 14.5 Å². The summed E-state index contributed by atoms with van der Waals surface area (Å²) in [6, 6.07) is 0. The SMILES string of the molecule is Cc1c(C(=O)N2CCC[C@@H](Cn3ccnc3)C2)sc2nc[nH]c(=O)c12. The fraction of sp³-hybridized carbons (Fsp3) is 0.412. The van der Waals surface area contributed by atoms with Crippen LogP contribution in [0.3, 0.4) is 0 Å². The van der Waals surface area contributed by atoms with E-state index in [1.54, 1.807) is 6.20 Å². The van der Waals surface area contributed by atoms with Crippen molar-refractivity contribution in [3.05, 3.63) is 45.8 Å². The lowest BCUT2D eigenvalue weighted by Crippen LogP contribution is -2.41. The highest BCUT2D eigenvalue weighted by Gasteiger charge is 2.28. The first kappa shape index (κ1) is 16.0. The lowest BCUT2D eigenvalue weighted by atomic mass is 9.97. The normalized spacial score (nSPS) is 18.0. The molecule has 0 spiro atoms. The largest absolute Gasteiger partial charge is 0.338 e. The maximum absolute atomic E-state index is 13.0. The Morgan fingerprint density at radius 3 is 3.12 bits per heavy atom. The Labute approximate surface area is 148 Å².